The summed E-state index contributed by atoms with van der Waals surface area (Å²) >= 11 is 0. The minimum absolute atomic E-state index is 0.164. The van der Waals surface area contributed by atoms with Crippen LogP contribution in [-0.2, 0) is 11.2 Å². The molecule has 0 amide bonds. The first-order chi connectivity index (χ1) is 8.72. The van der Waals surface area contributed by atoms with Crippen molar-refractivity contribution in [2.24, 2.45) is 0 Å². The molecule has 0 spiro atoms. The van der Waals surface area contributed by atoms with Crippen LogP contribution in [0.5, 0.6) is 0 Å². The van der Waals surface area contributed by atoms with Gasteiger partial charge in [-0.1, -0.05) is 13.3 Å². The molecule has 0 saturated carbocycles. The molecule has 5 heteroatoms. The third-order valence-corrected chi connectivity index (χ3v) is 2.75. The second-order valence-electron chi connectivity index (χ2n) is 4.26. The van der Waals surface area contributed by atoms with Crippen LogP contribution in [0.1, 0.15) is 32.8 Å². The smallest absolute Gasteiger partial charge is 0.134 e. The highest BCUT2D eigenvalue weighted by molar-refractivity contribution is 5.57. The summed E-state index contributed by atoms with van der Waals surface area (Å²) in [5.41, 5.74) is 1.16. The quantitative estimate of drug-likeness (QED) is 0.743. The number of aromatic nitrogens is 2. The average molecular weight is 252 g/mol. The van der Waals surface area contributed by atoms with Crippen LogP contribution in [0, 0.1) is 0 Å². The van der Waals surface area contributed by atoms with E-state index in [1.807, 2.05) is 6.92 Å². The van der Waals surface area contributed by atoms with Crippen LogP contribution in [0.4, 0.5) is 11.6 Å². The molecule has 0 radical (unpaired) electrons. The van der Waals surface area contributed by atoms with Crippen LogP contribution in [0.3, 0.4) is 0 Å². The van der Waals surface area contributed by atoms with Crippen molar-refractivity contribution in [1.82, 2.24) is 9.97 Å². The molecule has 0 bridgehead atoms. The first kappa shape index (κ1) is 14.7. The molecule has 1 atom stereocenters. The van der Waals surface area contributed by atoms with Crippen LogP contribution >= 0.6 is 0 Å². The Morgan fingerprint density at radius 2 is 1.89 bits per heavy atom. The molecule has 18 heavy (non-hydrogen) atoms. The van der Waals surface area contributed by atoms with E-state index in [1.165, 1.54) is 0 Å². The summed E-state index contributed by atoms with van der Waals surface area (Å²) < 4.78 is 5.23. The molecule has 5 nitrogen and oxygen atoms in total. The third-order valence-electron chi connectivity index (χ3n) is 2.75. The van der Waals surface area contributed by atoms with Crippen molar-refractivity contribution < 1.29 is 4.74 Å². The first-order valence-electron chi connectivity index (χ1n) is 6.57. The van der Waals surface area contributed by atoms with Gasteiger partial charge < -0.3 is 15.4 Å². The molecule has 0 fully saturated rings. The summed E-state index contributed by atoms with van der Waals surface area (Å²) in [5, 5.41) is 6.61. The van der Waals surface area contributed by atoms with Gasteiger partial charge in [0, 0.05) is 25.8 Å². The van der Waals surface area contributed by atoms with E-state index in [0.29, 0.717) is 0 Å². The van der Waals surface area contributed by atoms with E-state index in [4.69, 9.17) is 4.74 Å². The SMILES string of the molecule is CCCc1c(NCC)ncnc1NCC(C)OC. The summed E-state index contributed by atoms with van der Waals surface area (Å²) in [6.07, 6.45) is 3.79. The summed E-state index contributed by atoms with van der Waals surface area (Å²) in [6, 6.07) is 0. The van der Waals surface area contributed by atoms with Crippen molar-refractivity contribution in [2.75, 3.05) is 30.8 Å². The summed E-state index contributed by atoms with van der Waals surface area (Å²) in [7, 11) is 1.71. The van der Waals surface area contributed by atoms with E-state index in [2.05, 4.69) is 34.4 Å². The van der Waals surface area contributed by atoms with Gasteiger partial charge in [0.25, 0.3) is 0 Å². The molecule has 0 aliphatic heterocycles. The van der Waals surface area contributed by atoms with Gasteiger partial charge in [-0.3, -0.25) is 0 Å². The monoisotopic (exact) mass is 252 g/mol. The zero-order valence-electron chi connectivity index (χ0n) is 11.8. The Kier molecular flexibility index (Phi) is 6.43. The van der Waals surface area contributed by atoms with E-state index >= 15 is 0 Å². The lowest BCUT2D eigenvalue weighted by Gasteiger charge is -2.16. The minimum atomic E-state index is 0.164. The van der Waals surface area contributed by atoms with E-state index in [-0.39, 0.29) is 6.10 Å². The predicted molar refractivity (Wildman–Crippen MR) is 75.2 cm³/mol. The highest BCUT2D eigenvalue weighted by Gasteiger charge is 2.10. The van der Waals surface area contributed by atoms with E-state index in [1.54, 1.807) is 13.4 Å². The molecule has 0 aliphatic carbocycles. The molecule has 0 saturated heterocycles. The van der Waals surface area contributed by atoms with Gasteiger partial charge in [-0.25, -0.2) is 9.97 Å². The van der Waals surface area contributed by atoms with Crippen molar-refractivity contribution in [1.29, 1.82) is 0 Å². The zero-order valence-corrected chi connectivity index (χ0v) is 11.8. The van der Waals surface area contributed by atoms with Crippen LogP contribution in [0.25, 0.3) is 0 Å². The Bertz CT molecular complexity index is 357. The van der Waals surface area contributed by atoms with Gasteiger partial charge in [0.1, 0.15) is 18.0 Å². The van der Waals surface area contributed by atoms with Gasteiger partial charge in [-0.2, -0.15) is 0 Å². The highest BCUT2D eigenvalue weighted by Crippen LogP contribution is 2.21. The number of anilines is 2. The first-order valence-corrected chi connectivity index (χ1v) is 6.57. The minimum Gasteiger partial charge on any atom is -0.380 e. The van der Waals surface area contributed by atoms with E-state index in [9.17, 15) is 0 Å². The molecular weight excluding hydrogens is 228 g/mol. The number of nitrogens with one attached hydrogen (secondary N) is 2. The second-order valence-corrected chi connectivity index (χ2v) is 4.26. The van der Waals surface area contributed by atoms with Gasteiger partial charge in [-0.15, -0.1) is 0 Å². The van der Waals surface area contributed by atoms with Crippen LogP contribution in [0.2, 0.25) is 0 Å². The highest BCUT2D eigenvalue weighted by atomic mass is 16.5. The number of hydrogen-bond acceptors (Lipinski definition) is 5. The van der Waals surface area contributed by atoms with Crippen molar-refractivity contribution in [3.63, 3.8) is 0 Å². The number of hydrogen-bond donors (Lipinski definition) is 2. The molecular formula is C13H24N4O. The fourth-order valence-corrected chi connectivity index (χ4v) is 1.69. The predicted octanol–water partition coefficient (Wildman–Crippen LogP) is 2.31. The Balaban J connectivity index is 2.84. The molecule has 2 N–H and O–H groups in total. The van der Waals surface area contributed by atoms with Gasteiger partial charge in [-0.05, 0) is 20.3 Å². The Morgan fingerprint density at radius 1 is 1.22 bits per heavy atom. The Morgan fingerprint density at radius 3 is 2.44 bits per heavy atom. The molecule has 0 aromatic carbocycles. The van der Waals surface area contributed by atoms with Crippen LogP contribution < -0.4 is 10.6 Å². The van der Waals surface area contributed by atoms with Gasteiger partial charge >= 0.3 is 0 Å². The molecule has 1 rings (SSSR count). The van der Waals surface area contributed by atoms with E-state index < -0.39 is 0 Å². The number of rotatable bonds is 8. The standard InChI is InChI=1S/C13H24N4O/c1-5-7-11-12(14-6-2)16-9-17-13(11)15-8-10(3)18-4/h9-10H,5-8H2,1-4H3,(H2,14,15,16,17). The normalized spacial score (nSPS) is 12.2. The lowest BCUT2D eigenvalue weighted by Crippen LogP contribution is -2.20. The lowest BCUT2D eigenvalue weighted by atomic mass is 10.1. The lowest BCUT2D eigenvalue weighted by molar-refractivity contribution is 0.128. The average Bonchev–Trinajstić information content (AvgIpc) is 2.39. The Labute approximate surface area is 109 Å². The number of nitrogens with zero attached hydrogens (tertiary/aromatic N) is 2. The van der Waals surface area contributed by atoms with Crippen molar-refractivity contribution >= 4 is 11.6 Å². The maximum Gasteiger partial charge on any atom is 0.134 e. The summed E-state index contributed by atoms with van der Waals surface area (Å²) in [5.74, 6) is 1.84. The van der Waals surface area contributed by atoms with Crippen LogP contribution in [0.15, 0.2) is 6.33 Å². The van der Waals surface area contributed by atoms with E-state index in [0.717, 1.165) is 43.1 Å². The largest absolute Gasteiger partial charge is 0.380 e. The fraction of sp³-hybridized carbons (Fsp3) is 0.692. The number of ether oxygens (including phenoxy) is 1. The molecule has 1 aromatic rings. The molecule has 102 valence electrons. The van der Waals surface area contributed by atoms with Crippen LogP contribution in [-0.4, -0.2) is 36.3 Å². The van der Waals surface area contributed by atoms with Gasteiger partial charge in [0.15, 0.2) is 0 Å². The summed E-state index contributed by atoms with van der Waals surface area (Å²) in [6.45, 7) is 7.86. The maximum absolute atomic E-state index is 5.23. The fourth-order valence-electron chi connectivity index (χ4n) is 1.69. The Hall–Kier alpha value is -1.36. The van der Waals surface area contributed by atoms with Gasteiger partial charge in [0.05, 0.1) is 6.10 Å². The third kappa shape index (κ3) is 4.14. The molecule has 1 heterocycles. The van der Waals surface area contributed by atoms with Crippen molar-refractivity contribution in [3.05, 3.63) is 11.9 Å². The maximum atomic E-state index is 5.23. The topological polar surface area (TPSA) is 59.1 Å². The second kappa shape index (κ2) is 7.87. The number of methoxy groups -OCH3 is 1. The molecule has 1 unspecified atom stereocenters. The van der Waals surface area contributed by atoms with Crippen molar-refractivity contribution in [3.8, 4) is 0 Å². The molecule has 1 aromatic heterocycles. The summed E-state index contributed by atoms with van der Waals surface area (Å²) in [4.78, 5) is 8.63. The van der Waals surface area contributed by atoms with Gasteiger partial charge in [0.2, 0.25) is 0 Å². The van der Waals surface area contributed by atoms with Crippen molar-refractivity contribution in [2.45, 2.75) is 39.7 Å². The zero-order chi connectivity index (χ0) is 13.4. The molecule has 0 aliphatic rings.